The predicted octanol–water partition coefficient (Wildman–Crippen LogP) is 0.662. The van der Waals surface area contributed by atoms with E-state index in [1.54, 1.807) is 6.20 Å². The molecule has 1 fully saturated rings. The van der Waals surface area contributed by atoms with E-state index in [4.69, 9.17) is 10.8 Å². The number of aromatic nitrogens is 1. The lowest BCUT2D eigenvalue weighted by molar-refractivity contribution is 0.266. The van der Waals surface area contributed by atoms with Crippen LogP contribution in [0.25, 0.3) is 0 Å². The molecular weight excluding hydrogens is 174 g/mol. The molecule has 1 aliphatic rings. The first-order valence-electron chi connectivity index (χ1n) is 3.84. The molecule has 4 nitrogen and oxygen atoms in total. The van der Waals surface area contributed by atoms with Crippen LogP contribution in [0.5, 0.6) is 0 Å². The average Bonchev–Trinajstić information content (AvgIpc) is 2.71. The largest absolute Gasteiger partial charge is 0.394 e. The number of nitrogen functional groups attached to an aromatic ring is 1. The molecular formula is C7H11N3OS. The number of anilines is 2. The van der Waals surface area contributed by atoms with E-state index >= 15 is 0 Å². The third-order valence-corrected chi connectivity index (χ3v) is 2.79. The van der Waals surface area contributed by atoms with Gasteiger partial charge >= 0.3 is 0 Å². The van der Waals surface area contributed by atoms with Gasteiger partial charge in [0.25, 0.3) is 0 Å². The van der Waals surface area contributed by atoms with Crippen molar-refractivity contribution in [1.82, 2.24) is 4.98 Å². The first-order chi connectivity index (χ1) is 5.74. The Hall–Kier alpha value is -0.810. The number of thiazole rings is 1. The molecule has 0 spiro atoms. The van der Waals surface area contributed by atoms with Crippen molar-refractivity contribution in [2.75, 3.05) is 17.7 Å². The van der Waals surface area contributed by atoms with E-state index in [0.29, 0.717) is 5.00 Å². The molecule has 0 unspecified atom stereocenters. The van der Waals surface area contributed by atoms with Gasteiger partial charge in [0.05, 0.1) is 18.3 Å². The van der Waals surface area contributed by atoms with Gasteiger partial charge in [-0.1, -0.05) is 11.3 Å². The predicted molar refractivity (Wildman–Crippen MR) is 49.2 cm³/mol. The van der Waals surface area contributed by atoms with Crippen LogP contribution >= 0.6 is 11.3 Å². The summed E-state index contributed by atoms with van der Waals surface area (Å²) in [5, 5.41) is 13.7. The van der Waals surface area contributed by atoms with Crippen LogP contribution in [0.3, 0.4) is 0 Å². The van der Waals surface area contributed by atoms with Crippen LogP contribution in [-0.4, -0.2) is 22.2 Å². The van der Waals surface area contributed by atoms with E-state index in [-0.39, 0.29) is 12.1 Å². The molecule has 0 aliphatic heterocycles. The fourth-order valence-corrected chi connectivity index (χ4v) is 1.75. The number of aliphatic hydroxyl groups is 1. The molecule has 4 N–H and O–H groups in total. The lowest BCUT2D eigenvalue weighted by atomic mass is 10.3. The van der Waals surface area contributed by atoms with E-state index in [9.17, 15) is 0 Å². The highest BCUT2D eigenvalue weighted by atomic mass is 32.1. The summed E-state index contributed by atoms with van der Waals surface area (Å²) < 4.78 is 0. The number of hydrogen-bond acceptors (Lipinski definition) is 5. The summed E-state index contributed by atoms with van der Waals surface area (Å²) in [6.07, 6.45) is 3.66. The van der Waals surface area contributed by atoms with Gasteiger partial charge in [0, 0.05) is 0 Å². The van der Waals surface area contributed by atoms with Crippen LogP contribution in [0, 0.1) is 0 Å². The molecule has 2 rings (SSSR count). The van der Waals surface area contributed by atoms with Crippen molar-refractivity contribution in [3.63, 3.8) is 0 Å². The van der Waals surface area contributed by atoms with Crippen LogP contribution in [0.15, 0.2) is 6.20 Å². The Bertz CT molecular complexity index is 282. The Morgan fingerprint density at radius 1 is 1.75 bits per heavy atom. The molecule has 0 saturated heterocycles. The molecule has 0 amide bonds. The molecule has 1 aromatic heterocycles. The Morgan fingerprint density at radius 2 is 2.50 bits per heavy atom. The number of nitrogens with zero attached hydrogens (tertiary/aromatic N) is 1. The minimum absolute atomic E-state index is 0.0930. The zero-order valence-electron chi connectivity index (χ0n) is 6.58. The molecule has 1 aromatic rings. The van der Waals surface area contributed by atoms with E-state index in [1.165, 1.54) is 11.3 Å². The molecule has 0 atom stereocenters. The van der Waals surface area contributed by atoms with Crippen LogP contribution < -0.4 is 11.1 Å². The lowest BCUT2D eigenvalue weighted by Gasteiger charge is -2.11. The first kappa shape index (κ1) is 7.82. The standard InChI is InChI=1S/C7H11N3OS/c8-5-3-9-6(12-5)10-7(4-11)1-2-7/h3,11H,1-2,4,8H2,(H,9,10). The maximum absolute atomic E-state index is 9.01. The van der Waals surface area contributed by atoms with Crippen molar-refractivity contribution in [2.45, 2.75) is 18.4 Å². The minimum Gasteiger partial charge on any atom is -0.394 e. The van der Waals surface area contributed by atoms with Gasteiger partial charge in [0.1, 0.15) is 5.00 Å². The normalized spacial score (nSPS) is 19.1. The maximum atomic E-state index is 9.01. The topological polar surface area (TPSA) is 71.2 Å². The van der Waals surface area contributed by atoms with Crippen LogP contribution in [0.4, 0.5) is 10.1 Å². The van der Waals surface area contributed by atoms with E-state index in [1.807, 2.05) is 0 Å². The minimum atomic E-state index is -0.0930. The molecule has 66 valence electrons. The zero-order valence-corrected chi connectivity index (χ0v) is 7.40. The Labute approximate surface area is 74.4 Å². The summed E-state index contributed by atoms with van der Waals surface area (Å²) in [7, 11) is 0. The Kier molecular flexibility index (Phi) is 1.69. The van der Waals surface area contributed by atoms with Crippen LogP contribution in [0.2, 0.25) is 0 Å². The maximum Gasteiger partial charge on any atom is 0.185 e. The van der Waals surface area contributed by atoms with Crippen molar-refractivity contribution >= 4 is 21.5 Å². The fourth-order valence-electron chi connectivity index (χ4n) is 1.04. The van der Waals surface area contributed by atoms with Crippen molar-refractivity contribution in [2.24, 2.45) is 0 Å². The molecule has 0 radical (unpaired) electrons. The average molecular weight is 185 g/mol. The smallest absolute Gasteiger partial charge is 0.185 e. The summed E-state index contributed by atoms with van der Waals surface area (Å²) in [6, 6.07) is 0. The SMILES string of the molecule is Nc1cnc(NC2(CO)CC2)s1. The highest BCUT2D eigenvalue weighted by Crippen LogP contribution is 2.39. The van der Waals surface area contributed by atoms with Gasteiger partial charge < -0.3 is 16.2 Å². The van der Waals surface area contributed by atoms with Crippen molar-refractivity contribution in [3.05, 3.63) is 6.20 Å². The van der Waals surface area contributed by atoms with Crippen molar-refractivity contribution in [1.29, 1.82) is 0 Å². The number of aliphatic hydroxyl groups excluding tert-OH is 1. The number of nitrogens with one attached hydrogen (secondary N) is 1. The lowest BCUT2D eigenvalue weighted by Crippen LogP contribution is -2.25. The summed E-state index contributed by atoms with van der Waals surface area (Å²) in [5.41, 5.74) is 5.42. The molecule has 12 heavy (non-hydrogen) atoms. The highest BCUT2D eigenvalue weighted by molar-refractivity contribution is 7.19. The fraction of sp³-hybridized carbons (Fsp3) is 0.571. The Morgan fingerprint density at radius 3 is 2.92 bits per heavy atom. The summed E-state index contributed by atoms with van der Waals surface area (Å²) in [6.45, 7) is 0.173. The van der Waals surface area contributed by atoms with Gasteiger partial charge in [-0.15, -0.1) is 0 Å². The molecule has 0 bridgehead atoms. The Balaban J connectivity index is 2.04. The van der Waals surface area contributed by atoms with Crippen LogP contribution in [0.1, 0.15) is 12.8 Å². The quantitative estimate of drug-likeness (QED) is 0.647. The van der Waals surface area contributed by atoms with Gasteiger partial charge in [0.2, 0.25) is 0 Å². The monoisotopic (exact) mass is 185 g/mol. The molecule has 1 heterocycles. The summed E-state index contributed by atoms with van der Waals surface area (Å²) >= 11 is 1.41. The molecule has 0 aromatic carbocycles. The first-order valence-corrected chi connectivity index (χ1v) is 4.66. The third-order valence-electron chi connectivity index (χ3n) is 2.05. The molecule has 1 aliphatic carbocycles. The number of nitrogens with two attached hydrogens (primary N) is 1. The van der Waals surface area contributed by atoms with Crippen LogP contribution in [-0.2, 0) is 0 Å². The third kappa shape index (κ3) is 1.37. The highest BCUT2D eigenvalue weighted by Gasteiger charge is 2.42. The van der Waals surface area contributed by atoms with E-state index in [2.05, 4.69) is 10.3 Å². The zero-order chi connectivity index (χ0) is 8.60. The van der Waals surface area contributed by atoms with Gasteiger partial charge in [-0.3, -0.25) is 0 Å². The number of hydrogen-bond donors (Lipinski definition) is 3. The van der Waals surface area contributed by atoms with Gasteiger partial charge in [0.15, 0.2) is 5.13 Å². The second-order valence-corrected chi connectivity index (χ2v) is 4.19. The summed E-state index contributed by atoms with van der Waals surface area (Å²) in [4.78, 5) is 4.06. The molecule has 5 heteroatoms. The van der Waals surface area contributed by atoms with Gasteiger partial charge in [-0.25, -0.2) is 4.98 Å². The van der Waals surface area contributed by atoms with Gasteiger partial charge in [-0.2, -0.15) is 0 Å². The number of rotatable bonds is 3. The van der Waals surface area contributed by atoms with Gasteiger partial charge in [-0.05, 0) is 12.8 Å². The molecule has 1 saturated carbocycles. The van der Waals surface area contributed by atoms with Crippen molar-refractivity contribution < 1.29 is 5.11 Å². The van der Waals surface area contributed by atoms with Crippen molar-refractivity contribution in [3.8, 4) is 0 Å². The van der Waals surface area contributed by atoms with E-state index in [0.717, 1.165) is 18.0 Å². The second kappa shape index (κ2) is 2.60. The summed E-state index contributed by atoms with van der Waals surface area (Å²) in [5.74, 6) is 0. The second-order valence-electron chi connectivity index (χ2n) is 3.13. The van der Waals surface area contributed by atoms with E-state index < -0.39 is 0 Å².